The zero-order valence-electron chi connectivity index (χ0n) is 10.3. The monoisotopic (exact) mass is 246 g/mol. The topological polar surface area (TPSA) is 38.9 Å². The van der Waals surface area contributed by atoms with Crippen molar-refractivity contribution in [1.82, 2.24) is 4.98 Å². The maximum Gasteiger partial charge on any atom is 0.0408 e. The van der Waals surface area contributed by atoms with Crippen LogP contribution in [0.1, 0.15) is 25.5 Å². The molecule has 0 saturated carbocycles. The van der Waals surface area contributed by atoms with Crippen LogP contribution in [-0.2, 0) is 0 Å². The minimum atomic E-state index is 0.0565. The zero-order valence-corrected chi connectivity index (χ0v) is 11.1. The van der Waals surface area contributed by atoms with Gasteiger partial charge < -0.3 is 5.73 Å². The van der Waals surface area contributed by atoms with Crippen LogP contribution in [0.5, 0.6) is 0 Å². The average Bonchev–Trinajstić information content (AvgIpc) is 2.35. The highest BCUT2D eigenvalue weighted by atomic mass is 32.2. The fourth-order valence-electron chi connectivity index (χ4n) is 1.82. The summed E-state index contributed by atoms with van der Waals surface area (Å²) in [5, 5.41) is 3.00. The Balaban J connectivity index is 2.28. The van der Waals surface area contributed by atoms with E-state index in [1.165, 1.54) is 5.39 Å². The second kappa shape index (κ2) is 5.52. The molecule has 1 aromatic carbocycles. The van der Waals surface area contributed by atoms with E-state index in [1.807, 2.05) is 36.3 Å². The molecule has 0 radical (unpaired) electrons. The fraction of sp³-hybridized carbons (Fsp3) is 0.357. The summed E-state index contributed by atoms with van der Waals surface area (Å²) in [6.45, 7) is 4.39. The van der Waals surface area contributed by atoms with Crippen LogP contribution in [0.3, 0.4) is 0 Å². The molecule has 3 heteroatoms. The maximum atomic E-state index is 6.25. The van der Waals surface area contributed by atoms with E-state index >= 15 is 0 Å². The van der Waals surface area contributed by atoms with Crippen LogP contribution in [0.25, 0.3) is 10.8 Å². The third kappa shape index (κ3) is 2.99. The van der Waals surface area contributed by atoms with Gasteiger partial charge in [-0.1, -0.05) is 38.1 Å². The summed E-state index contributed by atoms with van der Waals surface area (Å²) in [5.74, 6) is 0.938. The number of benzene rings is 1. The van der Waals surface area contributed by atoms with Gasteiger partial charge in [0.05, 0.1) is 0 Å². The van der Waals surface area contributed by atoms with Gasteiger partial charge in [0.2, 0.25) is 0 Å². The Morgan fingerprint density at radius 1 is 1.24 bits per heavy atom. The van der Waals surface area contributed by atoms with Crippen molar-refractivity contribution in [2.45, 2.75) is 25.1 Å². The predicted octanol–water partition coefficient (Wildman–Crippen LogP) is 3.38. The van der Waals surface area contributed by atoms with Crippen LogP contribution >= 0.6 is 11.8 Å². The van der Waals surface area contributed by atoms with Crippen LogP contribution in [-0.4, -0.2) is 16.0 Å². The summed E-state index contributed by atoms with van der Waals surface area (Å²) >= 11 is 1.89. The second-order valence-corrected chi connectivity index (χ2v) is 6.05. The summed E-state index contributed by atoms with van der Waals surface area (Å²) in [6, 6.07) is 8.33. The van der Waals surface area contributed by atoms with Gasteiger partial charge >= 0.3 is 0 Å². The van der Waals surface area contributed by atoms with E-state index in [0.29, 0.717) is 5.25 Å². The molecule has 0 saturated heterocycles. The molecule has 0 amide bonds. The number of pyridine rings is 1. The third-order valence-corrected chi connectivity index (χ3v) is 3.93. The minimum Gasteiger partial charge on any atom is -0.323 e. The van der Waals surface area contributed by atoms with E-state index in [4.69, 9.17) is 5.73 Å². The fourth-order valence-corrected chi connectivity index (χ4v) is 2.59. The van der Waals surface area contributed by atoms with Crippen LogP contribution in [0.15, 0.2) is 36.7 Å². The second-order valence-electron chi connectivity index (χ2n) is 4.44. The zero-order chi connectivity index (χ0) is 12.3. The normalized spacial score (nSPS) is 13.2. The molecule has 1 unspecified atom stereocenters. The number of hydrogen-bond acceptors (Lipinski definition) is 3. The van der Waals surface area contributed by atoms with Gasteiger partial charge in [0.15, 0.2) is 0 Å². The van der Waals surface area contributed by atoms with Crippen LogP contribution < -0.4 is 5.73 Å². The molecule has 2 aromatic rings. The lowest BCUT2D eigenvalue weighted by Gasteiger charge is -2.15. The van der Waals surface area contributed by atoms with Gasteiger partial charge in [-0.15, -0.1) is 0 Å². The van der Waals surface area contributed by atoms with Gasteiger partial charge in [-0.3, -0.25) is 4.98 Å². The number of fused-ring (bicyclic) bond motifs is 1. The first-order valence-corrected chi connectivity index (χ1v) is 6.93. The van der Waals surface area contributed by atoms with Gasteiger partial charge in [0.1, 0.15) is 0 Å². The highest BCUT2D eigenvalue weighted by molar-refractivity contribution is 7.99. The van der Waals surface area contributed by atoms with Crippen molar-refractivity contribution in [2.24, 2.45) is 5.73 Å². The predicted molar refractivity (Wildman–Crippen MR) is 76.3 cm³/mol. The van der Waals surface area contributed by atoms with Crippen molar-refractivity contribution >= 4 is 22.5 Å². The van der Waals surface area contributed by atoms with Crippen LogP contribution in [0.4, 0.5) is 0 Å². The average molecular weight is 246 g/mol. The molecule has 0 bridgehead atoms. The van der Waals surface area contributed by atoms with Gasteiger partial charge in [-0.05, 0) is 16.2 Å². The maximum absolute atomic E-state index is 6.25. The molecule has 0 fully saturated rings. The van der Waals surface area contributed by atoms with Crippen molar-refractivity contribution in [3.8, 4) is 0 Å². The lowest BCUT2D eigenvalue weighted by atomic mass is 10.0. The van der Waals surface area contributed by atoms with E-state index in [1.54, 1.807) is 0 Å². The Labute approximate surface area is 107 Å². The summed E-state index contributed by atoms with van der Waals surface area (Å²) in [4.78, 5) is 4.27. The highest BCUT2D eigenvalue weighted by Gasteiger charge is 2.10. The van der Waals surface area contributed by atoms with Crippen molar-refractivity contribution in [2.75, 3.05) is 5.75 Å². The molecule has 17 heavy (non-hydrogen) atoms. The molecular weight excluding hydrogens is 228 g/mol. The van der Waals surface area contributed by atoms with E-state index < -0.39 is 0 Å². The van der Waals surface area contributed by atoms with E-state index in [0.717, 1.165) is 16.7 Å². The standard InChI is InChI=1S/C14H18N2S/c1-10(2)17-9-14(15)13-8-16-7-11-5-3-4-6-12(11)13/h3-8,10,14H,9,15H2,1-2H3. The van der Waals surface area contributed by atoms with Gasteiger partial charge in [0, 0.05) is 29.6 Å². The molecule has 1 atom stereocenters. The Morgan fingerprint density at radius 3 is 2.76 bits per heavy atom. The number of hydrogen-bond donors (Lipinski definition) is 1. The number of nitrogens with zero attached hydrogens (tertiary/aromatic N) is 1. The SMILES string of the molecule is CC(C)SCC(N)c1cncc2ccccc12. The number of thioether (sulfide) groups is 1. The smallest absolute Gasteiger partial charge is 0.0408 e. The van der Waals surface area contributed by atoms with E-state index in [-0.39, 0.29) is 6.04 Å². The molecule has 2 N–H and O–H groups in total. The van der Waals surface area contributed by atoms with Gasteiger partial charge in [-0.2, -0.15) is 11.8 Å². The summed E-state index contributed by atoms with van der Waals surface area (Å²) in [5.41, 5.74) is 7.40. The lowest BCUT2D eigenvalue weighted by molar-refractivity contribution is 0.831. The first-order chi connectivity index (χ1) is 8.18. The van der Waals surface area contributed by atoms with Crippen molar-refractivity contribution < 1.29 is 0 Å². The quantitative estimate of drug-likeness (QED) is 0.899. The minimum absolute atomic E-state index is 0.0565. The lowest BCUT2D eigenvalue weighted by Crippen LogP contribution is -2.15. The number of rotatable bonds is 4. The van der Waals surface area contributed by atoms with Crippen LogP contribution in [0, 0.1) is 0 Å². The molecule has 0 spiro atoms. The highest BCUT2D eigenvalue weighted by Crippen LogP contribution is 2.25. The molecule has 0 aliphatic rings. The summed E-state index contributed by atoms with van der Waals surface area (Å²) in [7, 11) is 0. The molecule has 0 aliphatic carbocycles. The first-order valence-electron chi connectivity index (χ1n) is 5.88. The molecule has 0 aliphatic heterocycles. The van der Waals surface area contributed by atoms with Gasteiger partial charge in [0.25, 0.3) is 0 Å². The first kappa shape index (κ1) is 12.4. The van der Waals surface area contributed by atoms with Gasteiger partial charge in [-0.25, -0.2) is 0 Å². The number of aromatic nitrogens is 1. The largest absolute Gasteiger partial charge is 0.323 e. The third-order valence-electron chi connectivity index (χ3n) is 2.71. The van der Waals surface area contributed by atoms with Crippen molar-refractivity contribution in [3.63, 3.8) is 0 Å². The number of nitrogens with two attached hydrogens (primary N) is 1. The summed E-state index contributed by atoms with van der Waals surface area (Å²) in [6.07, 6.45) is 3.79. The van der Waals surface area contributed by atoms with Crippen molar-refractivity contribution in [3.05, 3.63) is 42.2 Å². The Bertz CT molecular complexity index is 491. The molecular formula is C14H18N2S. The van der Waals surface area contributed by atoms with E-state index in [2.05, 4.69) is 31.0 Å². The van der Waals surface area contributed by atoms with Crippen molar-refractivity contribution in [1.29, 1.82) is 0 Å². The Kier molecular flexibility index (Phi) is 4.02. The van der Waals surface area contributed by atoms with Crippen LogP contribution in [0.2, 0.25) is 0 Å². The molecule has 2 nitrogen and oxygen atoms in total. The molecule has 1 aromatic heterocycles. The Morgan fingerprint density at radius 2 is 2.00 bits per heavy atom. The summed E-state index contributed by atoms with van der Waals surface area (Å²) < 4.78 is 0. The molecule has 1 heterocycles. The molecule has 90 valence electrons. The molecule has 2 rings (SSSR count). The Hall–Kier alpha value is -1.06. The van der Waals surface area contributed by atoms with E-state index in [9.17, 15) is 0 Å².